The van der Waals surface area contributed by atoms with Crippen LogP contribution in [0, 0.1) is 0 Å². The molecule has 0 radical (unpaired) electrons. The average molecular weight is 146 g/mol. The number of hydrazine groups is 1. The van der Waals surface area contributed by atoms with Crippen LogP contribution in [-0.4, -0.2) is 24.9 Å². The summed E-state index contributed by atoms with van der Waals surface area (Å²) in [6.45, 7) is 7.24. The summed E-state index contributed by atoms with van der Waals surface area (Å²) in [6.07, 6.45) is 1.12. The summed E-state index contributed by atoms with van der Waals surface area (Å²) in [4.78, 5) is 5.04. The molecule has 0 aromatic carbocycles. The van der Waals surface area contributed by atoms with E-state index in [0.29, 0.717) is 6.04 Å². The number of nitrogens with zero attached hydrogens (tertiary/aromatic N) is 1. The topological polar surface area (TPSA) is 24.5 Å². The standard InChI is InChI=1S/C7H18N2O/c1-5-6-8-9(10-4)7(2)3/h7-8H,5-6H2,1-4H3. The van der Waals surface area contributed by atoms with E-state index in [1.54, 1.807) is 12.3 Å². The summed E-state index contributed by atoms with van der Waals surface area (Å²) >= 11 is 0. The van der Waals surface area contributed by atoms with Gasteiger partial charge in [-0.3, -0.25) is 4.84 Å². The summed E-state index contributed by atoms with van der Waals surface area (Å²) < 4.78 is 0. The normalized spacial score (nSPS) is 11.4. The van der Waals surface area contributed by atoms with Crippen LogP contribution in [0.2, 0.25) is 0 Å². The number of rotatable bonds is 5. The Kier molecular flexibility index (Phi) is 5.58. The fourth-order valence-electron chi connectivity index (χ4n) is 0.680. The molecular weight excluding hydrogens is 128 g/mol. The van der Waals surface area contributed by atoms with Crippen molar-refractivity contribution in [2.75, 3.05) is 13.7 Å². The van der Waals surface area contributed by atoms with E-state index < -0.39 is 0 Å². The minimum atomic E-state index is 0.386. The molecule has 0 rings (SSSR count). The molecule has 0 unspecified atom stereocenters. The lowest BCUT2D eigenvalue weighted by Gasteiger charge is -2.23. The molecule has 0 aliphatic carbocycles. The van der Waals surface area contributed by atoms with Crippen LogP contribution in [-0.2, 0) is 4.84 Å². The highest BCUT2D eigenvalue weighted by atomic mass is 16.7. The minimum absolute atomic E-state index is 0.386. The molecule has 0 saturated carbocycles. The lowest BCUT2D eigenvalue weighted by Crippen LogP contribution is -2.42. The smallest absolute Gasteiger partial charge is 0.0591 e. The van der Waals surface area contributed by atoms with Gasteiger partial charge in [0, 0.05) is 12.6 Å². The van der Waals surface area contributed by atoms with Gasteiger partial charge in [-0.15, -0.1) is 5.17 Å². The Balaban J connectivity index is 3.40. The molecule has 0 aliphatic heterocycles. The van der Waals surface area contributed by atoms with Crippen molar-refractivity contribution in [3.63, 3.8) is 0 Å². The molecule has 0 fully saturated rings. The molecule has 3 heteroatoms. The number of nitrogens with one attached hydrogen (secondary N) is 1. The molecule has 3 nitrogen and oxygen atoms in total. The molecule has 0 heterocycles. The van der Waals surface area contributed by atoms with Crippen molar-refractivity contribution < 1.29 is 4.84 Å². The largest absolute Gasteiger partial charge is 0.287 e. The SMILES string of the molecule is CCCNN(OC)C(C)C. The van der Waals surface area contributed by atoms with Crippen molar-refractivity contribution in [1.29, 1.82) is 0 Å². The summed E-state index contributed by atoms with van der Waals surface area (Å²) in [5, 5.41) is 1.75. The highest BCUT2D eigenvalue weighted by Gasteiger charge is 2.04. The van der Waals surface area contributed by atoms with E-state index in [9.17, 15) is 0 Å². The maximum atomic E-state index is 5.04. The fourth-order valence-corrected chi connectivity index (χ4v) is 0.680. The van der Waals surface area contributed by atoms with Crippen molar-refractivity contribution in [2.45, 2.75) is 33.2 Å². The third-order valence-corrected chi connectivity index (χ3v) is 1.18. The maximum Gasteiger partial charge on any atom is 0.0591 e. The quantitative estimate of drug-likeness (QED) is 0.589. The van der Waals surface area contributed by atoms with E-state index >= 15 is 0 Å². The van der Waals surface area contributed by atoms with E-state index in [4.69, 9.17) is 4.84 Å². The monoisotopic (exact) mass is 146 g/mol. The van der Waals surface area contributed by atoms with Gasteiger partial charge in [-0.25, -0.2) is 5.43 Å². The Morgan fingerprint density at radius 2 is 2.10 bits per heavy atom. The molecule has 1 N–H and O–H groups in total. The minimum Gasteiger partial charge on any atom is -0.287 e. The van der Waals surface area contributed by atoms with Crippen LogP contribution in [0.15, 0.2) is 0 Å². The van der Waals surface area contributed by atoms with Crippen LogP contribution in [0.4, 0.5) is 0 Å². The molecule has 0 spiro atoms. The van der Waals surface area contributed by atoms with E-state index in [1.807, 2.05) is 0 Å². The Morgan fingerprint density at radius 3 is 2.40 bits per heavy atom. The molecule has 0 aromatic heterocycles. The second kappa shape index (κ2) is 5.65. The van der Waals surface area contributed by atoms with Gasteiger partial charge >= 0.3 is 0 Å². The van der Waals surface area contributed by atoms with Gasteiger partial charge in [0.2, 0.25) is 0 Å². The highest BCUT2D eigenvalue weighted by molar-refractivity contribution is 4.45. The van der Waals surface area contributed by atoms with Crippen LogP contribution >= 0.6 is 0 Å². The van der Waals surface area contributed by atoms with Crippen molar-refractivity contribution in [3.8, 4) is 0 Å². The zero-order valence-corrected chi connectivity index (χ0v) is 7.35. The first-order chi connectivity index (χ1) is 4.72. The van der Waals surface area contributed by atoms with Gasteiger partial charge in [0.15, 0.2) is 0 Å². The molecule has 62 valence electrons. The van der Waals surface area contributed by atoms with E-state index in [-0.39, 0.29) is 0 Å². The van der Waals surface area contributed by atoms with E-state index in [0.717, 1.165) is 13.0 Å². The molecule has 0 aliphatic rings. The van der Waals surface area contributed by atoms with Crippen LogP contribution in [0.5, 0.6) is 0 Å². The van der Waals surface area contributed by atoms with Gasteiger partial charge in [0.25, 0.3) is 0 Å². The predicted molar refractivity (Wildman–Crippen MR) is 42.3 cm³/mol. The molecular formula is C7H18N2O. The lowest BCUT2D eigenvalue weighted by molar-refractivity contribution is -0.192. The summed E-state index contributed by atoms with van der Waals surface area (Å²) in [5.41, 5.74) is 3.13. The maximum absolute atomic E-state index is 5.04. The van der Waals surface area contributed by atoms with Crippen LogP contribution in [0.25, 0.3) is 0 Å². The lowest BCUT2D eigenvalue weighted by atomic mass is 10.4. The van der Waals surface area contributed by atoms with Gasteiger partial charge in [-0.1, -0.05) is 6.92 Å². The molecule has 0 bridgehead atoms. The van der Waals surface area contributed by atoms with E-state index in [1.165, 1.54) is 0 Å². The first kappa shape index (κ1) is 9.88. The summed E-state index contributed by atoms with van der Waals surface area (Å²) in [6, 6.07) is 0.386. The molecule has 0 saturated heterocycles. The Labute approximate surface area is 63.3 Å². The van der Waals surface area contributed by atoms with Crippen molar-refractivity contribution in [3.05, 3.63) is 0 Å². The van der Waals surface area contributed by atoms with E-state index in [2.05, 4.69) is 26.2 Å². The average Bonchev–Trinajstić information content (AvgIpc) is 1.89. The van der Waals surface area contributed by atoms with Gasteiger partial charge < -0.3 is 0 Å². The van der Waals surface area contributed by atoms with Crippen molar-refractivity contribution in [1.82, 2.24) is 10.6 Å². The number of hydroxylamine groups is 1. The van der Waals surface area contributed by atoms with Gasteiger partial charge in [0.1, 0.15) is 0 Å². The zero-order chi connectivity index (χ0) is 7.98. The second-order valence-corrected chi connectivity index (χ2v) is 2.51. The number of hydrogen-bond acceptors (Lipinski definition) is 3. The molecule has 10 heavy (non-hydrogen) atoms. The molecule has 0 aromatic rings. The van der Waals surface area contributed by atoms with Crippen LogP contribution in [0.1, 0.15) is 27.2 Å². The molecule has 0 amide bonds. The second-order valence-electron chi connectivity index (χ2n) is 2.51. The highest BCUT2D eigenvalue weighted by Crippen LogP contribution is 1.91. The van der Waals surface area contributed by atoms with Gasteiger partial charge in [-0.05, 0) is 20.3 Å². The zero-order valence-electron chi connectivity index (χ0n) is 7.35. The predicted octanol–water partition coefficient (Wildman–Crippen LogP) is 1.17. The third kappa shape index (κ3) is 3.82. The fraction of sp³-hybridized carbons (Fsp3) is 1.00. The number of hydrogen-bond donors (Lipinski definition) is 1. The third-order valence-electron chi connectivity index (χ3n) is 1.18. The van der Waals surface area contributed by atoms with Crippen molar-refractivity contribution in [2.24, 2.45) is 0 Å². The van der Waals surface area contributed by atoms with Crippen molar-refractivity contribution >= 4 is 0 Å². The first-order valence-electron chi connectivity index (χ1n) is 3.79. The Bertz CT molecular complexity index is 76.0. The summed E-state index contributed by atoms with van der Waals surface area (Å²) in [7, 11) is 1.67. The van der Waals surface area contributed by atoms with Gasteiger partial charge in [0.05, 0.1) is 7.11 Å². The Morgan fingerprint density at radius 1 is 1.50 bits per heavy atom. The van der Waals surface area contributed by atoms with Crippen LogP contribution < -0.4 is 5.43 Å². The van der Waals surface area contributed by atoms with Crippen LogP contribution in [0.3, 0.4) is 0 Å². The summed E-state index contributed by atoms with van der Waals surface area (Å²) in [5.74, 6) is 0. The molecule has 0 atom stereocenters. The van der Waals surface area contributed by atoms with Gasteiger partial charge in [-0.2, -0.15) is 0 Å². The first-order valence-corrected chi connectivity index (χ1v) is 3.79. The Hall–Kier alpha value is -0.120.